The number of ether oxygens (including phenoxy) is 2. The number of carbonyl (C=O) groups excluding carboxylic acids is 1. The van der Waals surface area contributed by atoms with Crippen molar-refractivity contribution in [1.29, 1.82) is 0 Å². The summed E-state index contributed by atoms with van der Waals surface area (Å²) in [5.41, 5.74) is 1.83. The van der Waals surface area contributed by atoms with E-state index >= 15 is 0 Å². The summed E-state index contributed by atoms with van der Waals surface area (Å²) < 4.78 is 10.1. The molecule has 0 aromatic heterocycles. The van der Waals surface area contributed by atoms with Gasteiger partial charge in [-0.1, -0.05) is 13.3 Å². The summed E-state index contributed by atoms with van der Waals surface area (Å²) in [7, 11) is 1.34. The van der Waals surface area contributed by atoms with E-state index in [2.05, 4.69) is 17.0 Å². The molecule has 94 valence electrons. The van der Waals surface area contributed by atoms with Gasteiger partial charge < -0.3 is 9.47 Å². The van der Waals surface area contributed by atoms with E-state index < -0.39 is 6.09 Å². The van der Waals surface area contributed by atoms with Crippen LogP contribution in [0.3, 0.4) is 0 Å². The van der Waals surface area contributed by atoms with Crippen molar-refractivity contribution < 1.29 is 14.3 Å². The lowest BCUT2D eigenvalue weighted by Crippen LogP contribution is -2.11. The summed E-state index contributed by atoms with van der Waals surface area (Å²) in [6.45, 7) is 4.70. The Bertz CT molecular complexity index is 377. The quantitative estimate of drug-likeness (QED) is 0.855. The highest BCUT2D eigenvalue weighted by Gasteiger charge is 2.06. The Kier molecular flexibility index (Phi) is 5.33. The van der Waals surface area contributed by atoms with Crippen molar-refractivity contribution >= 4 is 11.8 Å². The third-order valence-corrected chi connectivity index (χ3v) is 2.31. The number of carbonyl (C=O) groups is 1. The fourth-order valence-electron chi connectivity index (χ4n) is 1.59. The molecule has 4 nitrogen and oxygen atoms in total. The minimum absolute atomic E-state index is 0.461. The zero-order chi connectivity index (χ0) is 12.7. The van der Waals surface area contributed by atoms with Crippen LogP contribution in [0.4, 0.5) is 10.5 Å². The van der Waals surface area contributed by atoms with Gasteiger partial charge in [0, 0.05) is 5.69 Å². The number of rotatable bonds is 5. The molecule has 0 spiro atoms. The number of amides is 1. The first-order chi connectivity index (χ1) is 8.21. The summed E-state index contributed by atoms with van der Waals surface area (Å²) in [5, 5.41) is 2.64. The Labute approximate surface area is 102 Å². The average molecular weight is 237 g/mol. The maximum Gasteiger partial charge on any atom is 0.411 e. The number of anilines is 1. The van der Waals surface area contributed by atoms with Crippen LogP contribution in [0.2, 0.25) is 0 Å². The van der Waals surface area contributed by atoms with Crippen LogP contribution < -0.4 is 10.1 Å². The molecule has 0 heterocycles. The first kappa shape index (κ1) is 13.4. The molecule has 0 aliphatic carbocycles. The van der Waals surface area contributed by atoms with Gasteiger partial charge in [0.05, 0.1) is 13.7 Å². The van der Waals surface area contributed by atoms with E-state index in [-0.39, 0.29) is 0 Å². The summed E-state index contributed by atoms with van der Waals surface area (Å²) in [6, 6.07) is 5.60. The second-order valence-corrected chi connectivity index (χ2v) is 3.62. The molecule has 0 aliphatic heterocycles. The number of hydrogen-bond donors (Lipinski definition) is 1. The lowest BCUT2D eigenvalue weighted by molar-refractivity contribution is 0.187. The lowest BCUT2D eigenvalue weighted by Gasteiger charge is -2.12. The van der Waals surface area contributed by atoms with Crippen LogP contribution >= 0.6 is 0 Å². The van der Waals surface area contributed by atoms with Crippen LogP contribution in [0.15, 0.2) is 18.2 Å². The largest absolute Gasteiger partial charge is 0.494 e. The molecular weight excluding hydrogens is 218 g/mol. The Morgan fingerprint density at radius 2 is 2.12 bits per heavy atom. The predicted octanol–water partition coefficient (Wildman–Crippen LogP) is 3.22. The van der Waals surface area contributed by atoms with Gasteiger partial charge in [-0.05, 0) is 37.1 Å². The third kappa shape index (κ3) is 3.98. The topological polar surface area (TPSA) is 47.6 Å². The third-order valence-electron chi connectivity index (χ3n) is 2.31. The van der Waals surface area contributed by atoms with Crippen molar-refractivity contribution in [1.82, 2.24) is 0 Å². The first-order valence-corrected chi connectivity index (χ1v) is 5.82. The standard InChI is InChI=1S/C13H19NO3/c1-4-6-10-9-11(14-13(15)16-3)7-8-12(10)17-5-2/h7-9H,4-6H2,1-3H3,(H,14,15). The van der Waals surface area contributed by atoms with E-state index in [1.54, 1.807) is 6.07 Å². The van der Waals surface area contributed by atoms with Crippen molar-refractivity contribution in [3.8, 4) is 5.75 Å². The normalized spacial score (nSPS) is 9.82. The molecule has 1 N–H and O–H groups in total. The number of methoxy groups -OCH3 is 1. The van der Waals surface area contributed by atoms with Crippen LogP contribution in [-0.4, -0.2) is 19.8 Å². The number of hydrogen-bond acceptors (Lipinski definition) is 3. The van der Waals surface area contributed by atoms with Gasteiger partial charge >= 0.3 is 6.09 Å². The van der Waals surface area contributed by atoms with Crippen molar-refractivity contribution in [2.24, 2.45) is 0 Å². The van der Waals surface area contributed by atoms with Gasteiger partial charge in [-0.25, -0.2) is 4.79 Å². The first-order valence-electron chi connectivity index (χ1n) is 5.82. The maximum absolute atomic E-state index is 11.1. The average Bonchev–Trinajstić information content (AvgIpc) is 2.33. The molecule has 1 aromatic carbocycles. The van der Waals surface area contributed by atoms with E-state index in [9.17, 15) is 4.79 Å². The summed E-state index contributed by atoms with van der Waals surface area (Å²) in [5.74, 6) is 0.879. The second kappa shape index (κ2) is 6.78. The van der Waals surface area contributed by atoms with Crippen molar-refractivity contribution in [3.05, 3.63) is 23.8 Å². The van der Waals surface area contributed by atoms with Gasteiger partial charge in [-0.15, -0.1) is 0 Å². The van der Waals surface area contributed by atoms with Gasteiger partial charge in [-0.3, -0.25) is 5.32 Å². The minimum atomic E-state index is -0.461. The molecule has 0 aliphatic rings. The molecule has 0 atom stereocenters. The monoisotopic (exact) mass is 237 g/mol. The molecule has 0 saturated carbocycles. The van der Waals surface area contributed by atoms with Gasteiger partial charge in [0.25, 0.3) is 0 Å². The molecule has 0 radical (unpaired) electrons. The zero-order valence-corrected chi connectivity index (χ0v) is 10.6. The smallest absolute Gasteiger partial charge is 0.411 e. The molecule has 1 aromatic rings. The maximum atomic E-state index is 11.1. The SMILES string of the molecule is CCCc1cc(NC(=O)OC)ccc1OCC. The van der Waals surface area contributed by atoms with E-state index in [1.807, 2.05) is 19.1 Å². The van der Waals surface area contributed by atoms with Gasteiger partial charge in [0.1, 0.15) is 5.75 Å². The van der Waals surface area contributed by atoms with Crippen LogP contribution in [0.25, 0.3) is 0 Å². The lowest BCUT2D eigenvalue weighted by atomic mass is 10.1. The molecule has 0 bridgehead atoms. The van der Waals surface area contributed by atoms with Crippen molar-refractivity contribution in [3.63, 3.8) is 0 Å². The highest BCUT2D eigenvalue weighted by Crippen LogP contribution is 2.24. The van der Waals surface area contributed by atoms with Gasteiger partial charge in [0.2, 0.25) is 0 Å². The van der Waals surface area contributed by atoms with E-state index in [0.29, 0.717) is 6.61 Å². The van der Waals surface area contributed by atoms with Crippen molar-refractivity contribution in [2.75, 3.05) is 19.0 Å². The zero-order valence-electron chi connectivity index (χ0n) is 10.6. The van der Waals surface area contributed by atoms with E-state index in [0.717, 1.165) is 29.8 Å². The Hall–Kier alpha value is -1.71. The van der Waals surface area contributed by atoms with Crippen LogP contribution in [0.5, 0.6) is 5.75 Å². The van der Waals surface area contributed by atoms with Crippen LogP contribution in [0, 0.1) is 0 Å². The fourth-order valence-corrected chi connectivity index (χ4v) is 1.59. The van der Waals surface area contributed by atoms with Crippen LogP contribution in [-0.2, 0) is 11.2 Å². The summed E-state index contributed by atoms with van der Waals surface area (Å²) in [4.78, 5) is 11.1. The molecule has 1 rings (SSSR count). The Morgan fingerprint density at radius 3 is 2.71 bits per heavy atom. The molecule has 0 unspecified atom stereocenters. The molecule has 1 amide bonds. The molecule has 4 heteroatoms. The fraction of sp³-hybridized carbons (Fsp3) is 0.462. The predicted molar refractivity (Wildman–Crippen MR) is 67.6 cm³/mol. The van der Waals surface area contributed by atoms with Gasteiger partial charge in [0.15, 0.2) is 0 Å². The molecule has 17 heavy (non-hydrogen) atoms. The molecular formula is C13H19NO3. The second-order valence-electron chi connectivity index (χ2n) is 3.62. The summed E-state index contributed by atoms with van der Waals surface area (Å²) >= 11 is 0. The minimum Gasteiger partial charge on any atom is -0.494 e. The van der Waals surface area contributed by atoms with Crippen molar-refractivity contribution in [2.45, 2.75) is 26.7 Å². The van der Waals surface area contributed by atoms with E-state index in [4.69, 9.17) is 4.74 Å². The number of nitrogens with one attached hydrogen (secondary N) is 1. The van der Waals surface area contributed by atoms with Crippen LogP contribution in [0.1, 0.15) is 25.8 Å². The number of benzene rings is 1. The molecule has 0 saturated heterocycles. The molecule has 0 fully saturated rings. The number of aryl methyl sites for hydroxylation is 1. The highest BCUT2D eigenvalue weighted by molar-refractivity contribution is 5.84. The Balaban J connectivity index is 2.88. The Morgan fingerprint density at radius 1 is 1.35 bits per heavy atom. The van der Waals surface area contributed by atoms with E-state index in [1.165, 1.54) is 7.11 Å². The summed E-state index contributed by atoms with van der Waals surface area (Å²) in [6.07, 6.45) is 1.49. The van der Waals surface area contributed by atoms with Gasteiger partial charge in [-0.2, -0.15) is 0 Å². The highest BCUT2D eigenvalue weighted by atomic mass is 16.5.